The zero-order valence-electron chi connectivity index (χ0n) is 12.6. The lowest BCUT2D eigenvalue weighted by atomic mass is 9.94. The van der Waals surface area contributed by atoms with E-state index in [0.717, 1.165) is 30.8 Å². The summed E-state index contributed by atoms with van der Waals surface area (Å²) in [7, 11) is 3.78. The fourth-order valence-electron chi connectivity index (χ4n) is 3.03. The Hall–Kier alpha value is -0.420. The van der Waals surface area contributed by atoms with Crippen LogP contribution in [0.2, 0.25) is 0 Å². The molecule has 0 spiro atoms. The quantitative estimate of drug-likeness (QED) is 0.804. The third-order valence-corrected chi connectivity index (χ3v) is 6.32. The van der Waals surface area contributed by atoms with Crippen molar-refractivity contribution in [2.24, 2.45) is 0 Å². The second-order valence-electron chi connectivity index (χ2n) is 5.38. The fourth-order valence-corrected chi connectivity index (χ4v) is 5.18. The van der Waals surface area contributed by atoms with E-state index in [0.29, 0.717) is 0 Å². The van der Waals surface area contributed by atoms with Gasteiger partial charge in [-0.05, 0) is 37.3 Å². The zero-order chi connectivity index (χ0) is 14.0. The molecule has 2 rings (SSSR count). The molecule has 0 amide bonds. The molecule has 3 nitrogen and oxygen atoms in total. The van der Waals surface area contributed by atoms with Crippen LogP contribution in [0, 0.1) is 0 Å². The Labute approximate surface area is 131 Å². The highest BCUT2D eigenvalue weighted by molar-refractivity contribution is 7.93. The molecule has 20 heavy (non-hydrogen) atoms. The minimum absolute atomic E-state index is 0. The van der Waals surface area contributed by atoms with E-state index in [1.807, 2.05) is 18.2 Å². The summed E-state index contributed by atoms with van der Waals surface area (Å²) in [6.07, 6.45) is 0.876. The Balaban J connectivity index is 0.00000200. The Morgan fingerprint density at radius 2 is 2.20 bits per heavy atom. The fraction of sp³-hybridized carbons (Fsp3) is 0.600. The molecule has 0 N–H and O–H groups in total. The highest BCUT2D eigenvalue weighted by Crippen LogP contribution is 2.41. The van der Waals surface area contributed by atoms with Gasteiger partial charge in [0.25, 0.3) is 0 Å². The summed E-state index contributed by atoms with van der Waals surface area (Å²) in [5.74, 6) is 0.836. The molecule has 1 aliphatic rings. The van der Waals surface area contributed by atoms with Crippen molar-refractivity contribution in [2.45, 2.75) is 30.3 Å². The average Bonchev–Trinajstić information content (AvgIpc) is 2.43. The summed E-state index contributed by atoms with van der Waals surface area (Å²) < 4.78 is 17.9. The molecule has 1 aromatic rings. The SMILES string of the molecule is CCC1(c2cccc(OC)c2)CN(C)C[C@@H](C)[S+]1[O-].Cl. The van der Waals surface area contributed by atoms with Crippen molar-refractivity contribution in [2.75, 3.05) is 27.2 Å². The van der Waals surface area contributed by atoms with Crippen molar-refractivity contribution in [3.63, 3.8) is 0 Å². The van der Waals surface area contributed by atoms with Crippen LogP contribution in [0.25, 0.3) is 0 Å². The van der Waals surface area contributed by atoms with Crippen molar-refractivity contribution in [3.8, 4) is 5.75 Å². The first-order chi connectivity index (χ1) is 9.03. The smallest absolute Gasteiger partial charge is 0.163 e. The summed E-state index contributed by atoms with van der Waals surface area (Å²) in [6.45, 7) is 5.95. The standard InChI is InChI=1S/C15H23NO2S.ClH/c1-5-15(11-16(3)10-12(2)19(15)17)13-7-6-8-14(9-13)18-4;/h6-9,12H,5,10-11H2,1-4H3;1H/t12-,15?,19?;/m1./s1. The van der Waals surface area contributed by atoms with E-state index in [2.05, 4.69) is 31.9 Å². The topological polar surface area (TPSA) is 35.5 Å². The Morgan fingerprint density at radius 1 is 1.50 bits per heavy atom. The highest BCUT2D eigenvalue weighted by Gasteiger charge is 2.49. The lowest BCUT2D eigenvalue weighted by Crippen LogP contribution is -2.56. The van der Waals surface area contributed by atoms with Crippen LogP contribution in [-0.2, 0) is 15.9 Å². The molecule has 0 saturated carbocycles. The van der Waals surface area contributed by atoms with E-state index in [1.54, 1.807) is 7.11 Å². The van der Waals surface area contributed by atoms with Gasteiger partial charge in [0, 0.05) is 18.5 Å². The highest BCUT2D eigenvalue weighted by atomic mass is 35.5. The Morgan fingerprint density at radius 3 is 2.80 bits per heavy atom. The zero-order valence-corrected chi connectivity index (χ0v) is 14.2. The predicted molar refractivity (Wildman–Crippen MR) is 87.3 cm³/mol. The molecular formula is C15H24ClNO2S. The molecule has 1 fully saturated rings. The Kier molecular flexibility index (Phi) is 6.20. The summed E-state index contributed by atoms with van der Waals surface area (Å²) in [5, 5.41) is 0.199. The minimum atomic E-state index is -0.861. The van der Waals surface area contributed by atoms with E-state index >= 15 is 0 Å². The summed E-state index contributed by atoms with van der Waals surface area (Å²) in [4.78, 5) is 2.29. The van der Waals surface area contributed by atoms with Crippen LogP contribution >= 0.6 is 12.4 Å². The van der Waals surface area contributed by atoms with Gasteiger partial charge in [0.2, 0.25) is 0 Å². The molecule has 1 aliphatic heterocycles. The largest absolute Gasteiger partial charge is 0.615 e. The summed E-state index contributed by atoms with van der Waals surface area (Å²) in [6, 6.07) is 8.04. The van der Waals surface area contributed by atoms with Crippen LogP contribution in [0.1, 0.15) is 25.8 Å². The number of methoxy groups -OCH3 is 1. The number of hydrogen-bond acceptors (Lipinski definition) is 3. The van der Waals surface area contributed by atoms with Gasteiger partial charge in [-0.2, -0.15) is 0 Å². The molecule has 0 aliphatic carbocycles. The van der Waals surface area contributed by atoms with Crippen molar-refractivity contribution in [1.29, 1.82) is 0 Å². The second-order valence-corrected chi connectivity index (χ2v) is 7.57. The average molecular weight is 318 g/mol. The van der Waals surface area contributed by atoms with Crippen molar-refractivity contribution in [3.05, 3.63) is 29.8 Å². The predicted octanol–water partition coefficient (Wildman–Crippen LogP) is 2.80. The van der Waals surface area contributed by atoms with E-state index in [9.17, 15) is 4.55 Å². The van der Waals surface area contributed by atoms with Gasteiger partial charge >= 0.3 is 0 Å². The molecule has 0 bridgehead atoms. The molecule has 0 aromatic heterocycles. The van der Waals surface area contributed by atoms with Gasteiger partial charge in [0.15, 0.2) is 4.75 Å². The first-order valence-corrected chi connectivity index (χ1v) is 7.98. The second kappa shape index (κ2) is 7.03. The molecule has 1 saturated heterocycles. The number of nitrogens with zero attached hydrogens (tertiary/aromatic N) is 1. The van der Waals surface area contributed by atoms with E-state index < -0.39 is 11.2 Å². The third-order valence-electron chi connectivity index (χ3n) is 4.01. The molecule has 114 valence electrons. The van der Waals surface area contributed by atoms with Gasteiger partial charge in [-0.1, -0.05) is 19.1 Å². The molecule has 2 unspecified atom stereocenters. The van der Waals surface area contributed by atoms with E-state index in [-0.39, 0.29) is 22.4 Å². The number of ether oxygens (including phenoxy) is 1. The van der Waals surface area contributed by atoms with Crippen molar-refractivity contribution < 1.29 is 9.29 Å². The lowest BCUT2D eigenvalue weighted by molar-refractivity contribution is 0.260. The van der Waals surface area contributed by atoms with Crippen LogP contribution in [0.3, 0.4) is 0 Å². The van der Waals surface area contributed by atoms with Gasteiger partial charge in [-0.15, -0.1) is 12.4 Å². The van der Waals surface area contributed by atoms with Gasteiger partial charge in [-0.25, -0.2) is 0 Å². The van der Waals surface area contributed by atoms with Crippen LogP contribution in [-0.4, -0.2) is 41.9 Å². The number of likely N-dealkylation sites (N-methyl/N-ethyl adjacent to an activating group) is 1. The monoisotopic (exact) mass is 317 g/mol. The third kappa shape index (κ3) is 3.08. The molecule has 5 heteroatoms. The van der Waals surface area contributed by atoms with E-state index in [1.165, 1.54) is 0 Å². The maximum atomic E-state index is 12.9. The maximum Gasteiger partial charge on any atom is 0.163 e. The molecular weight excluding hydrogens is 294 g/mol. The normalized spacial score (nSPS) is 30.6. The maximum absolute atomic E-state index is 12.9. The van der Waals surface area contributed by atoms with Crippen molar-refractivity contribution in [1.82, 2.24) is 4.90 Å². The Bertz CT molecular complexity index is 446. The van der Waals surface area contributed by atoms with Crippen LogP contribution < -0.4 is 4.74 Å². The number of hydrogen-bond donors (Lipinski definition) is 0. The van der Waals surface area contributed by atoms with Gasteiger partial charge in [0.05, 0.1) is 13.7 Å². The van der Waals surface area contributed by atoms with Crippen molar-refractivity contribution >= 4 is 23.6 Å². The van der Waals surface area contributed by atoms with E-state index in [4.69, 9.17) is 4.74 Å². The van der Waals surface area contributed by atoms with Crippen LogP contribution in [0.15, 0.2) is 24.3 Å². The van der Waals surface area contributed by atoms with Gasteiger partial charge in [0.1, 0.15) is 11.0 Å². The van der Waals surface area contributed by atoms with Gasteiger partial charge < -0.3 is 9.29 Å². The first kappa shape index (κ1) is 17.6. The summed E-state index contributed by atoms with van der Waals surface area (Å²) in [5.41, 5.74) is 1.13. The lowest BCUT2D eigenvalue weighted by Gasteiger charge is -2.45. The van der Waals surface area contributed by atoms with Gasteiger partial charge in [-0.3, -0.25) is 4.90 Å². The van der Waals surface area contributed by atoms with Crippen LogP contribution in [0.5, 0.6) is 5.75 Å². The minimum Gasteiger partial charge on any atom is -0.615 e. The number of halogens is 1. The molecule has 0 radical (unpaired) electrons. The van der Waals surface area contributed by atoms with Crippen LogP contribution in [0.4, 0.5) is 0 Å². The summed E-state index contributed by atoms with van der Waals surface area (Å²) >= 11 is -0.861. The molecule has 3 atom stereocenters. The molecule has 1 aromatic carbocycles. The number of rotatable bonds is 3. The number of benzene rings is 1. The first-order valence-electron chi connectivity index (χ1n) is 6.77. The molecule has 1 heterocycles.